The number of halogens is 3. The quantitative estimate of drug-likeness (QED) is 0.707. The van der Waals surface area contributed by atoms with Gasteiger partial charge in [0.1, 0.15) is 5.75 Å². The van der Waals surface area contributed by atoms with E-state index in [0.29, 0.717) is 17.6 Å². The Bertz CT molecular complexity index is 1140. The van der Waals surface area contributed by atoms with Crippen molar-refractivity contribution in [1.82, 2.24) is 9.55 Å². The summed E-state index contributed by atoms with van der Waals surface area (Å²) in [5.74, 6) is -1.17. The van der Waals surface area contributed by atoms with Gasteiger partial charge in [0.05, 0.1) is 11.0 Å². The van der Waals surface area contributed by atoms with Crippen LogP contribution in [0.1, 0.15) is 28.5 Å². The van der Waals surface area contributed by atoms with E-state index in [2.05, 4.69) is 15.0 Å². The normalized spacial score (nSPS) is 11.5. The van der Waals surface area contributed by atoms with Gasteiger partial charge in [-0.15, -0.1) is 13.2 Å². The molecule has 0 unspecified atom stereocenters. The Morgan fingerprint density at radius 2 is 1.76 bits per heavy atom. The minimum absolute atomic E-state index is 0.203. The lowest BCUT2D eigenvalue weighted by atomic mass is 10.1. The van der Waals surface area contributed by atoms with Crippen molar-refractivity contribution >= 4 is 22.6 Å². The zero-order valence-electron chi connectivity index (χ0n) is 15.9. The van der Waals surface area contributed by atoms with Crippen LogP contribution >= 0.6 is 0 Å². The monoisotopic (exact) mass is 405 g/mol. The minimum Gasteiger partial charge on any atom is -0.406 e. The van der Waals surface area contributed by atoms with Crippen LogP contribution in [0.4, 0.5) is 18.9 Å². The molecule has 1 heterocycles. The third kappa shape index (κ3) is 4.39. The number of fused-ring (bicyclic) bond motifs is 1. The van der Waals surface area contributed by atoms with Crippen LogP contribution in [0.2, 0.25) is 0 Å². The molecule has 0 aliphatic heterocycles. The maximum atomic E-state index is 12.7. The number of carbonyl (C=O) groups is 1. The van der Waals surface area contributed by atoms with Gasteiger partial charge in [-0.05, 0) is 68.3 Å². The molecule has 0 fully saturated rings. The highest BCUT2D eigenvalue weighted by atomic mass is 19.4. The lowest BCUT2D eigenvalue weighted by Gasteiger charge is -2.13. The number of amides is 1. The zero-order valence-corrected chi connectivity index (χ0v) is 15.9. The van der Waals surface area contributed by atoms with Crippen molar-refractivity contribution in [3.05, 3.63) is 63.6 Å². The highest BCUT2D eigenvalue weighted by Crippen LogP contribution is 2.24. The van der Waals surface area contributed by atoms with Gasteiger partial charge in [-0.25, -0.2) is 4.98 Å². The Morgan fingerprint density at radius 3 is 2.34 bits per heavy atom. The lowest BCUT2D eigenvalue weighted by Crippen LogP contribution is -2.31. The van der Waals surface area contributed by atoms with Gasteiger partial charge in [0.2, 0.25) is 0 Å². The number of rotatable bonds is 4. The smallest absolute Gasteiger partial charge is 0.406 e. The van der Waals surface area contributed by atoms with E-state index in [9.17, 15) is 22.8 Å². The average molecular weight is 405 g/mol. The molecule has 0 saturated heterocycles. The number of benzene rings is 2. The summed E-state index contributed by atoms with van der Waals surface area (Å²) in [5.41, 5.74) is 2.47. The molecule has 1 aromatic heterocycles. The molecule has 0 bridgehead atoms. The summed E-state index contributed by atoms with van der Waals surface area (Å²) < 4.78 is 41.9. The number of ether oxygens (including phenoxy) is 1. The van der Waals surface area contributed by atoms with E-state index in [1.165, 1.54) is 16.7 Å². The van der Waals surface area contributed by atoms with Gasteiger partial charge in [0.25, 0.3) is 11.5 Å². The third-order valence-electron chi connectivity index (χ3n) is 4.44. The van der Waals surface area contributed by atoms with Gasteiger partial charge >= 0.3 is 6.36 Å². The molecule has 1 N–H and O–H groups in total. The first-order valence-corrected chi connectivity index (χ1v) is 8.78. The summed E-state index contributed by atoms with van der Waals surface area (Å²) in [7, 11) is 0. The van der Waals surface area contributed by atoms with Crippen LogP contribution < -0.4 is 15.6 Å². The number of carbonyl (C=O) groups excluding carboxylic acids is 1. The molecule has 0 spiro atoms. The van der Waals surface area contributed by atoms with Crippen LogP contribution in [-0.2, 0) is 6.54 Å². The highest BCUT2D eigenvalue weighted by Gasteiger charge is 2.31. The van der Waals surface area contributed by atoms with Crippen molar-refractivity contribution < 1.29 is 22.7 Å². The fourth-order valence-corrected chi connectivity index (χ4v) is 2.89. The first-order chi connectivity index (χ1) is 13.6. The molecule has 0 saturated carbocycles. The molecule has 0 radical (unpaired) electrons. The van der Waals surface area contributed by atoms with Crippen molar-refractivity contribution in [3.63, 3.8) is 0 Å². The minimum atomic E-state index is -4.80. The van der Waals surface area contributed by atoms with Crippen molar-refractivity contribution in [2.75, 3.05) is 5.32 Å². The number of aromatic nitrogens is 2. The first-order valence-electron chi connectivity index (χ1n) is 8.78. The molecule has 0 atom stereocenters. The molecule has 9 heteroatoms. The molecule has 3 rings (SSSR count). The SMILES string of the molecule is CCn1c(=O)c(C(=O)Nc2ccc(OC(F)(F)F)cc2)nc2cc(C)c(C)cc21. The molecular formula is C20H18F3N3O3. The summed E-state index contributed by atoms with van der Waals surface area (Å²) in [4.78, 5) is 29.6. The van der Waals surface area contributed by atoms with Gasteiger partial charge in [-0.2, -0.15) is 0 Å². The fraction of sp³-hybridized carbons (Fsp3) is 0.250. The number of alkyl halides is 3. The highest BCUT2D eigenvalue weighted by molar-refractivity contribution is 6.03. The summed E-state index contributed by atoms with van der Waals surface area (Å²) in [6, 6.07) is 8.26. The van der Waals surface area contributed by atoms with E-state index >= 15 is 0 Å². The van der Waals surface area contributed by atoms with Gasteiger partial charge in [0.15, 0.2) is 5.69 Å². The third-order valence-corrected chi connectivity index (χ3v) is 4.44. The predicted octanol–water partition coefficient (Wildman–Crippen LogP) is 4.18. The fourth-order valence-electron chi connectivity index (χ4n) is 2.89. The second-order valence-electron chi connectivity index (χ2n) is 6.46. The van der Waals surface area contributed by atoms with E-state index in [-0.39, 0.29) is 11.4 Å². The van der Waals surface area contributed by atoms with Crippen molar-refractivity contribution in [3.8, 4) is 5.75 Å². The Labute approximate surface area is 163 Å². The Kier molecular flexibility index (Phi) is 5.32. The van der Waals surface area contributed by atoms with Gasteiger partial charge < -0.3 is 14.6 Å². The average Bonchev–Trinajstić information content (AvgIpc) is 2.63. The lowest BCUT2D eigenvalue weighted by molar-refractivity contribution is -0.274. The molecule has 152 valence electrons. The van der Waals surface area contributed by atoms with Crippen molar-refractivity contribution in [2.24, 2.45) is 0 Å². The molecule has 0 aliphatic rings. The molecule has 29 heavy (non-hydrogen) atoms. The number of anilines is 1. The number of nitrogens with zero attached hydrogens (tertiary/aromatic N) is 2. The number of hydrogen-bond acceptors (Lipinski definition) is 4. The van der Waals surface area contributed by atoms with Crippen molar-refractivity contribution in [1.29, 1.82) is 0 Å². The van der Waals surface area contributed by atoms with Crippen LogP contribution in [0.25, 0.3) is 11.0 Å². The summed E-state index contributed by atoms with van der Waals surface area (Å²) >= 11 is 0. The largest absolute Gasteiger partial charge is 0.573 e. The van der Waals surface area contributed by atoms with E-state index in [1.807, 2.05) is 19.9 Å². The summed E-state index contributed by atoms with van der Waals surface area (Å²) in [6.07, 6.45) is -4.80. The van der Waals surface area contributed by atoms with Crippen LogP contribution in [0.5, 0.6) is 5.75 Å². The van der Waals surface area contributed by atoms with E-state index in [1.54, 1.807) is 13.0 Å². The molecule has 6 nitrogen and oxygen atoms in total. The summed E-state index contributed by atoms with van der Waals surface area (Å²) in [6.45, 7) is 5.97. The van der Waals surface area contributed by atoms with Crippen LogP contribution in [-0.4, -0.2) is 21.8 Å². The molecular weight excluding hydrogens is 387 g/mol. The second kappa shape index (κ2) is 7.57. The molecule has 2 aromatic carbocycles. The first kappa shape index (κ1) is 20.4. The summed E-state index contributed by atoms with van der Waals surface area (Å²) in [5, 5.41) is 2.48. The van der Waals surface area contributed by atoms with Crippen LogP contribution in [0.15, 0.2) is 41.2 Å². The Hall–Kier alpha value is -3.36. The second-order valence-corrected chi connectivity index (χ2v) is 6.46. The molecule has 3 aromatic rings. The Balaban J connectivity index is 1.94. The Morgan fingerprint density at radius 1 is 1.14 bits per heavy atom. The van der Waals surface area contributed by atoms with Gasteiger partial charge in [-0.3, -0.25) is 9.59 Å². The van der Waals surface area contributed by atoms with Gasteiger partial charge in [-0.1, -0.05) is 0 Å². The number of hydrogen-bond donors (Lipinski definition) is 1. The molecule has 0 aliphatic carbocycles. The predicted molar refractivity (Wildman–Crippen MR) is 102 cm³/mol. The van der Waals surface area contributed by atoms with E-state index < -0.39 is 23.6 Å². The zero-order chi connectivity index (χ0) is 21.3. The maximum Gasteiger partial charge on any atom is 0.573 e. The van der Waals surface area contributed by atoms with Gasteiger partial charge in [0, 0.05) is 12.2 Å². The van der Waals surface area contributed by atoms with E-state index in [0.717, 1.165) is 23.3 Å². The number of aryl methyl sites for hydroxylation is 3. The maximum absolute atomic E-state index is 12.7. The van der Waals surface area contributed by atoms with E-state index in [4.69, 9.17) is 0 Å². The van der Waals surface area contributed by atoms with Crippen LogP contribution in [0, 0.1) is 13.8 Å². The van der Waals surface area contributed by atoms with Crippen LogP contribution in [0.3, 0.4) is 0 Å². The number of nitrogens with one attached hydrogen (secondary N) is 1. The van der Waals surface area contributed by atoms with Crippen molar-refractivity contribution in [2.45, 2.75) is 33.7 Å². The topological polar surface area (TPSA) is 73.2 Å². The molecule has 1 amide bonds. The standard InChI is InChI=1S/C20H18F3N3O3/c1-4-26-16-10-12(3)11(2)9-15(16)25-17(19(26)28)18(27)24-13-5-7-14(8-6-13)29-20(21,22)23/h5-10H,4H2,1-3H3,(H,24,27).